The van der Waals surface area contributed by atoms with Crippen molar-refractivity contribution in [3.05, 3.63) is 54.1 Å². The quantitative estimate of drug-likeness (QED) is 0.735. The molecule has 2 aromatic rings. The second-order valence-electron chi connectivity index (χ2n) is 5.02. The number of H-pyrrole nitrogens is 1. The molecule has 0 spiro atoms. The van der Waals surface area contributed by atoms with Gasteiger partial charge in [-0.25, -0.2) is 0 Å². The first-order valence-electron chi connectivity index (χ1n) is 7.03. The van der Waals surface area contributed by atoms with Crippen LogP contribution in [-0.2, 0) is 0 Å². The van der Waals surface area contributed by atoms with Gasteiger partial charge in [-0.05, 0) is 42.9 Å². The van der Waals surface area contributed by atoms with Gasteiger partial charge in [0.2, 0.25) is 0 Å². The number of nitrogens with zero attached hydrogens (tertiary/aromatic N) is 2. The van der Waals surface area contributed by atoms with Crippen molar-refractivity contribution in [3.8, 4) is 0 Å². The zero-order chi connectivity index (χ0) is 14.7. The van der Waals surface area contributed by atoms with Crippen molar-refractivity contribution in [3.63, 3.8) is 0 Å². The van der Waals surface area contributed by atoms with E-state index >= 15 is 0 Å². The molecule has 1 saturated heterocycles. The van der Waals surface area contributed by atoms with Gasteiger partial charge in [-0.15, -0.1) is 0 Å². The van der Waals surface area contributed by atoms with Crippen LogP contribution < -0.4 is 5.32 Å². The Labute approximate surface area is 129 Å². The number of aromatic amines is 1. The molecule has 0 unspecified atom stereocenters. The lowest BCUT2D eigenvalue weighted by Crippen LogP contribution is -2.31. The molecule has 5 nitrogen and oxygen atoms in total. The van der Waals surface area contributed by atoms with Crippen molar-refractivity contribution >= 4 is 17.3 Å². The first kappa shape index (κ1) is 14.0. The van der Waals surface area contributed by atoms with Crippen LogP contribution in [0.1, 0.15) is 29.9 Å². The van der Waals surface area contributed by atoms with Crippen LogP contribution in [0, 0.1) is 0 Å². The summed E-state index contributed by atoms with van der Waals surface area (Å²) >= 11 is 5.47. The molecule has 2 atom stereocenters. The molecule has 3 heterocycles. The second-order valence-corrected chi connectivity index (χ2v) is 5.41. The van der Waals surface area contributed by atoms with Gasteiger partial charge in [0, 0.05) is 31.2 Å². The van der Waals surface area contributed by atoms with Gasteiger partial charge in [0.1, 0.15) is 0 Å². The predicted molar refractivity (Wildman–Crippen MR) is 84.7 cm³/mol. The van der Waals surface area contributed by atoms with Gasteiger partial charge < -0.3 is 20.3 Å². The van der Waals surface area contributed by atoms with Crippen LogP contribution in [0.15, 0.2) is 42.7 Å². The van der Waals surface area contributed by atoms with Crippen molar-refractivity contribution < 1.29 is 5.11 Å². The van der Waals surface area contributed by atoms with Crippen LogP contribution in [0.2, 0.25) is 0 Å². The fraction of sp³-hybridized carbons (Fsp3) is 0.333. The molecule has 3 rings (SSSR count). The van der Waals surface area contributed by atoms with Crippen LogP contribution in [0.4, 0.5) is 0 Å². The highest BCUT2D eigenvalue weighted by molar-refractivity contribution is 7.80. The van der Waals surface area contributed by atoms with Crippen molar-refractivity contribution in [1.82, 2.24) is 20.2 Å². The van der Waals surface area contributed by atoms with Crippen LogP contribution in [0.3, 0.4) is 0 Å². The standard InChI is InChI=1S/C15H18N4OS/c20-10-4-9-19-14(12-6-3-8-17-12)13(18-15(19)21)11-5-1-2-7-16-11/h1-3,5-8,13-14,17,20H,4,9-10H2,(H,18,21)/t13-,14+/m1/s1. The van der Waals surface area contributed by atoms with E-state index in [2.05, 4.69) is 26.3 Å². The van der Waals surface area contributed by atoms with E-state index < -0.39 is 0 Å². The van der Waals surface area contributed by atoms with Crippen LogP contribution >= 0.6 is 12.2 Å². The zero-order valence-corrected chi connectivity index (χ0v) is 12.4. The summed E-state index contributed by atoms with van der Waals surface area (Å²) in [6.45, 7) is 0.875. The molecule has 110 valence electrons. The van der Waals surface area contributed by atoms with Gasteiger partial charge in [-0.3, -0.25) is 4.98 Å². The highest BCUT2D eigenvalue weighted by Crippen LogP contribution is 2.37. The van der Waals surface area contributed by atoms with Crippen molar-refractivity contribution in [1.29, 1.82) is 0 Å². The van der Waals surface area contributed by atoms with E-state index in [1.165, 1.54) is 0 Å². The lowest BCUT2D eigenvalue weighted by atomic mass is 10.0. The summed E-state index contributed by atoms with van der Waals surface area (Å²) in [6.07, 6.45) is 4.40. The molecule has 3 N–H and O–H groups in total. The Kier molecular flexibility index (Phi) is 4.17. The first-order chi connectivity index (χ1) is 10.3. The Morgan fingerprint density at radius 2 is 2.19 bits per heavy atom. The van der Waals surface area contributed by atoms with Crippen LogP contribution in [0.25, 0.3) is 0 Å². The SMILES string of the molecule is OCCCN1C(=S)N[C@H](c2ccccn2)[C@@H]1c1ccc[nH]1. The van der Waals surface area contributed by atoms with Gasteiger partial charge in [-0.2, -0.15) is 0 Å². The number of aliphatic hydroxyl groups excluding tert-OH is 1. The number of aliphatic hydroxyl groups is 1. The van der Waals surface area contributed by atoms with E-state index in [0.717, 1.165) is 17.9 Å². The maximum absolute atomic E-state index is 9.10. The summed E-state index contributed by atoms with van der Waals surface area (Å²) in [7, 11) is 0. The number of nitrogens with one attached hydrogen (secondary N) is 2. The molecule has 6 heteroatoms. The highest BCUT2D eigenvalue weighted by atomic mass is 32.1. The normalized spacial score (nSPS) is 21.6. The first-order valence-corrected chi connectivity index (χ1v) is 7.44. The van der Waals surface area contributed by atoms with E-state index in [0.29, 0.717) is 11.5 Å². The summed E-state index contributed by atoms with van der Waals surface area (Å²) in [5.74, 6) is 0. The summed E-state index contributed by atoms with van der Waals surface area (Å²) in [5.41, 5.74) is 2.06. The third kappa shape index (κ3) is 2.77. The minimum atomic E-state index is 0.0102. The molecule has 21 heavy (non-hydrogen) atoms. The minimum Gasteiger partial charge on any atom is -0.396 e. The van der Waals surface area contributed by atoms with E-state index in [-0.39, 0.29) is 18.7 Å². The smallest absolute Gasteiger partial charge is 0.170 e. The fourth-order valence-electron chi connectivity index (χ4n) is 2.75. The number of hydrogen-bond donors (Lipinski definition) is 3. The average Bonchev–Trinajstić information content (AvgIpc) is 3.13. The third-order valence-corrected chi connectivity index (χ3v) is 4.05. The van der Waals surface area contributed by atoms with E-state index in [1.807, 2.05) is 30.5 Å². The van der Waals surface area contributed by atoms with Gasteiger partial charge >= 0.3 is 0 Å². The molecular formula is C15H18N4OS. The number of pyridine rings is 1. The molecular weight excluding hydrogens is 284 g/mol. The summed E-state index contributed by atoms with van der Waals surface area (Å²) in [4.78, 5) is 9.85. The highest BCUT2D eigenvalue weighted by Gasteiger charge is 2.39. The largest absolute Gasteiger partial charge is 0.396 e. The molecule has 1 aliphatic rings. The predicted octanol–water partition coefficient (Wildman–Crippen LogP) is 1.76. The van der Waals surface area contributed by atoms with Crippen molar-refractivity contribution in [2.24, 2.45) is 0 Å². The molecule has 0 bridgehead atoms. The Bertz CT molecular complexity index is 587. The topological polar surface area (TPSA) is 64.2 Å². The van der Waals surface area contributed by atoms with Crippen LogP contribution in [-0.4, -0.2) is 38.2 Å². The maximum Gasteiger partial charge on any atom is 0.170 e. The lowest BCUT2D eigenvalue weighted by Gasteiger charge is -2.26. The van der Waals surface area contributed by atoms with Gasteiger partial charge in [0.05, 0.1) is 17.8 Å². The number of rotatable bonds is 5. The molecule has 1 aliphatic heterocycles. The number of hydrogen-bond acceptors (Lipinski definition) is 3. The van der Waals surface area contributed by atoms with Crippen molar-refractivity contribution in [2.75, 3.05) is 13.2 Å². The van der Waals surface area contributed by atoms with Gasteiger partial charge in [-0.1, -0.05) is 6.07 Å². The second kappa shape index (κ2) is 6.24. The Morgan fingerprint density at radius 3 is 2.86 bits per heavy atom. The third-order valence-electron chi connectivity index (χ3n) is 3.70. The molecule has 2 aromatic heterocycles. The summed E-state index contributed by atoms with van der Waals surface area (Å²) in [5, 5.41) is 13.2. The van der Waals surface area contributed by atoms with Crippen molar-refractivity contribution in [2.45, 2.75) is 18.5 Å². The monoisotopic (exact) mass is 302 g/mol. The Morgan fingerprint density at radius 1 is 1.29 bits per heavy atom. The Balaban J connectivity index is 1.94. The Hall–Kier alpha value is -1.92. The summed E-state index contributed by atoms with van der Waals surface area (Å²) in [6, 6.07) is 10.0. The van der Waals surface area contributed by atoms with E-state index in [1.54, 1.807) is 6.20 Å². The molecule has 0 saturated carbocycles. The van der Waals surface area contributed by atoms with Crippen LogP contribution in [0.5, 0.6) is 0 Å². The molecule has 0 aliphatic carbocycles. The number of thiocarbonyl (C=S) groups is 1. The molecule has 0 radical (unpaired) electrons. The molecule has 1 fully saturated rings. The van der Waals surface area contributed by atoms with E-state index in [9.17, 15) is 0 Å². The summed E-state index contributed by atoms with van der Waals surface area (Å²) < 4.78 is 0. The lowest BCUT2D eigenvalue weighted by molar-refractivity contribution is 0.246. The van der Waals surface area contributed by atoms with Gasteiger partial charge in [0.15, 0.2) is 5.11 Å². The zero-order valence-electron chi connectivity index (χ0n) is 11.6. The maximum atomic E-state index is 9.10. The minimum absolute atomic E-state index is 0.0102. The number of aromatic nitrogens is 2. The van der Waals surface area contributed by atoms with E-state index in [4.69, 9.17) is 17.3 Å². The fourth-order valence-corrected chi connectivity index (χ4v) is 3.09. The molecule has 0 amide bonds. The molecule has 0 aromatic carbocycles. The van der Waals surface area contributed by atoms with Gasteiger partial charge in [0.25, 0.3) is 0 Å². The average molecular weight is 302 g/mol.